The summed E-state index contributed by atoms with van der Waals surface area (Å²) in [5, 5.41) is 16.7. The van der Waals surface area contributed by atoms with Gasteiger partial charge < -0.3 is 9.84 Å². The summed E-state index contributed by atoms with van der Waals surface area (Å²) in [6.45, 7) is 1.50. The molecule has 1 aromatic heterocycles. The number of benzene rings is 2. The zero-order valence-corrected chi connectivity index (χ0v) is 14.4. The fraction of sp³-hybridized carbons (Fsp3) is 0.235. The maximum absolute atomic E-state index is 13.2. The molecular weight excluding hydrogens is 365 g/mol. The molecule has 27 heavy (non-hydrogen) atoms. The molecule has 7 nitrogen and oxygen atoms in total. The van der Waals surface area contributed by atoms with Crippen molar-refractivity contribution < 1.29 is 23.0 Å². The number of hydrogen-bond donors (Lipinski definition) is 1. The van der Waals surface area contributed by atoms with Gasteiger partial charge in [0.15, 0.2) is 0 Å². The van der Waals surface area contributed by atoms with E-state index in [-0.39, 0.29) is 6.61 Å². The Morgan fingerprint density at radius 2 is 1.93 bits per heavy atom. The molecule has 1 N–H and O–H groups in total. The molecule has 0 saturated carbocycles. The predicted molar refractivity (Wildman–Crippen MR) is 88.8 cm³/mol. The Balaban J connectivity index is 1.99. The van der Waals surface area contributed by atoms with Crippen LogP contribution in [0, 0.1) is 6.92 Å². The molecule has 1 heterocycles. The number of aryl methyl sites for hydroxylation is 2. The van der Waals surface area contributed by atoms with E-state index in [9.17, 15) is 23.1 Å². The van der Waals surface area contributed by atoms with Crippen molar-refractivity contribution >= 4 is 0 Å². The first-order valence-electron chi connectivity index (χ1n) is 7.79. The van der Waals surface area contributed by atoms with Crippen molar-refractivity contribution in [2.45, 2.75) is 19.7 Å². The first-order valence-corrected chi connectivity index (χ1v) is 7.79. The van der Waals surface area contributed by atoms with Crippen LogP contribution in [0.3, 0.4) is 0 Å². The Bertz CT molecular complexity index is 1040. The predicted octanol–water partition coefficient (Wildman–Crippen LogP) is 2.58. The lowest BCUT2D eigenvalue weighted by atomic mass is 10.1. The number of halogens is 3. The lowest BCUT2D eigenvalue weighted by Crippen LogP contribution is -2.23. The Hall–Kier alpha value is -3.30. The van der Waals surface area contributed by atoms with Crippen LogP contribution in [0.5, 0.6) is 11.5 Å². The largest absolute Gasteiger partial charge is 0.508 e. The fourth-order valence-electron chi connectivity index (χ4n) is 2.55. The first-order chi connectivity index (χ1) is 12.7. The van der Waals surface area contributed by atoms with Crippen LogP contribution in [-0.4, -0.2) is 24.9 Å². The lowest BCUT2D eigenvalue weighted by Gasteiger charge is -2.16. The molecule has 2 aromatic carbocycles. The molecule has 0 aliphatic heterocycles. The third-order valence-electron chi connectivity index (χ3n) is 3.98. The summed E-state index contributed by atoms with van der Waals surface area (Å²) in [7, 11) is 1.43. The molecule has 3 aromatic rings. The smallest absolute Gasteiger partial charge is 0.420 e. The second kappa shape index (κ2) is 6.78. The topological polar surface area (TPSA) is 82.2 Å². The minimum absolute atomic E-state index is 0.237. The lowest BCUT2D eigenvalue weighted by molar-refractivity contribution is -0.139. The van der Waals surface area contributed by atoms with Gasteiger partial charge in [0.05, 0.1) is 5.69 Å². The number of tetrazole rings is 1. The molecule has 0 radical (unpaired) electrons. The van der Waals surface area contributed by atoms with Crippen molar-refractivity contribution in [2.24, 2.45) is 7.05 Å². The number of aromatic nitrogens is 4. The van der Waals surface area contributed by atoms with Crippen LogP contribution in [0.4, 0.5) is 13.2 Å². The zero-order chi connectivity index (χ0) is 19.8. The van der Waals surface area contributed by atoms with E-state index in [1.54, 1.807) is 25.1 Å². The molecule has 0 aliphatic carbocycles. The molecule has 0 saturated heterocycles. The van der Waals surface area contributed by atoms with Crippen LogP contribution in [0.1, 0.15) is 16.7 Å². The number of hydrogen-bond acceptors (Lipinski definition) is 5. The molecular formula is C17H15F3N4O3. The van der Waals surface area contributed by atoms with Gasteiger partial charge in [-0.15, -0.1) is 0 Å². The summed E-state index contributed by atoms with van der Waals surface area (Å²) in [6, 6.07) is 7.79. The van der Waals surface area contributed by atoms with Crippen LogP contribution >= 0.6 is 0 Å². The van der Waals surface area contributed by atoms with Gasteiger partial charge in [0.2, 0.25) is 0 Å². The van der Waals surface area contributed by atoms with E-state index in [1.807, 2.05) is 0 Å². The number of aromatic hydroxyl groups is 1. The number of nitrogens with zero attached hydrogens (tertiary/aromatic N) is 4. The molecule has 0 bridgehead atoms. The molecule has 0 unspecified atom stereocenters. The maximum Gasteiger partial charge on any atom is 0.420 e. The van der Waals surface area contributed by atoms with E-state index < -0.39 is 28.9 Å². The van der Waals surface area contributed by atoms with Crippen LogP contribution < -0.4 is 10.4 Å². The van der Waals surface area contributed by atoms with Crippen LogP contribution in [0.25, 0.3) is 5.69 Å². The summed E-state index contributed by atoms with van der Waals surface area (Å²) < 4.78 is 47.0. The molecule has 142 valence electrons. The number of ether oxygens (including phenoxy) is 1. The normalized spacial score (nSPS) is 11.6. The van der Waals surface area contributed by atoms with E-state index >= 15 is 0 Å². The maximum atomic E-state index is 13.2. The van der Waals surface area contributed by atoms with E-state index in [2.05, 4.69) is 10.4 Å². The van der Waals surface area contributed by atoms with Gasteiger partial charge in [-0.25, -0.2) is 4.79 Å². The summed E-state index contributed by atoms with van der Waals surface area (Å²) in [4.78, 5) is 12.1. The second-order valence-electron chi connectivity index (χ2n) is 5.84. The van der Waals surface area contributed by atoms with Gasteiger partial charge >= 0.3 is 11.9 Å². The zero-order valence-electron chi connectivity index (χ0n) is 14.4. The molecule has 0 atom stereocenters. The third kappa shape index (κ3) is 3.64. The summed E-state index contributed by atoms with van der Waals surface area (Å²) in [5.74, 6) is -0.946. The molecule has 0 aliphatic rings. The van der Waals surface area contributed by atoms with Crippen molar-refractivity contribution in [3.05, 3.63) is 63.6 Å². The van der Waals surface area contributed by atoms with Crippen LogP contribution in [0.15, 0.2) is 41.2 Å². The SMILES string of the molecule is Cc1cccc(-n2nnn(C)c2=O)c1COc1ccc(O)cc1C(F)(F)F. The number of phenols is 1. The van der Waals surface area contributed by atoms with Gasteiger partial charge in [0.25, 0.3) is 0 Å². The standard InChI is InChI=1S/C17H15F3N4O3/c1-10-4-3-5-14(24-16(26)23(2)21-22-24)12(10)9-27-15-7-6-11(25)8-13(15)17(18,19)20/h3-8,25H,9H2,1-2H3. The average Bonchev–Trinajstić information content (AvgIpc) is 2.93. The van der Waals surface area contributed by atoms with Gasteiger partial charge in [-0.1, -0.05) is 12.1 Å². The van der Waals surface area contributed by atoms with E-state index in [1.165, 1.54) is 7.05 Å². The van der Waals surface area contributed by atoms with Gasteiger partial charge in [-0.3, -0.25) is 0 Å². The minimum Gasteiger partial charge on any atom is -0.508 e. The van der Waals surface area contributed by atoms with Crippen molar-refractivity contribution in [1.29, 1.82) is 0 Å². The number of phenolic OH excluding ortho intramolecular Hbond substituents is 1. The van der Waals surface area contributed by atoms with Crippen LogP contribution in [0.2, 0.25) is 0 Å². The highest BCUT2D eigenvalue weighted by atomic mass is 19.4. The molecule has 0 spiro atoms. The first kappa shape index (κ1) is 18.5. The average molecular weight is 380 g/mol. The summed E-state index contributed by atoms with van der Waals surface area (Å²) in [6.07, 6.45) is -4.69. The summed E-state index contributed by atoms with van der Waals surface area (Å²) in [5.41, 5.74) is -0.0316. The highest BCUT2D eigenvalue weighted by Crippen LogP contribution is 2.38. The fourth-order valence-corrected chi connectivity index (χ4v) is 2.55. The van der Waals surface area contributed by atoms with E-state index in [4.69, 9.17) is 4.74 Å². The van der Waals surface area contributed by atoms with E-state index in [0.717, 1.165) is 21.5 Å². The third-order valence-corrected chi connectivity index (χ3v) is 3.98. The Morgan fingerprint density at radius 3 is 2.56 bits per heavy atom. The minimum atomic E-state index is -4.69. The molecule has 10 heteroatoms. The monoisotopic (exact) mass is 380 g/mol. The number of rotatable bonds is 4. The van der Waals surface area contributed by atoms with E-state index in [0.29, 0.717) is 22.9 Å². The van der Waals surface area contributed by atoms with Crippen molar-refractivity contribution in [3.63, 3.8) is 0 Å². The van der Waals surface area contributed by atoms with Gasteiger partial charge in [0.1, 0.15) is 23.7 Å². The van der Waals surface area contributed by atoms with Crippen molar-refractivity contribution in [3.8, 4) is 17.2 Å². The Morgan fingerprint density at radius 1 is 1.19 bits per heavy atom. The van der Waals surface area contributed by atoms with Gasteiger partial charge in [-0.2, -0.15) is 22.5 Å². The Kier molecular flexibility index (Phi) is 4.64. The quantitative estimate of drug-likeness (QED) is 0.752. The number of alkyl halides is 3. The van der Waals surface area contributed by atoms with Gasteiger partial charge in [0, 0.05) is 12.6 Å². The van der Waals surface area contributed by atoms with Gasteiger partial charge in [-0.05, 0) is 47.2 Å². The Labute approximate surface area is 151 Å². The summed E-state index contributed by atoms with van der Waals surface area (Å²) >= 11 is 0. The van der Waals surface area contributed by atoms with Crippen LogP contribution in [-0.2, 0) is 19.8 Å². The highest BCUT2D eigenvalue weighted by Gasteiger charge is 2.35. The van der Waals surface area contributed by atoms with Crippen molar-refractivity contribution in [2.75, 3.05) is 0 Å². The molecule has 0 amide bonds. The van der Waals surface area contributed by atoms with Crippen molar-refractivity contribution in [1.82, 2.24) is 19.8 Å². The molecule has 0 fully saturated rings. The highest BCUT2D eigenvalue weighted by molar-refractivity contribution is 5.46. The molecule has 3 rings (SSSR count). The second-order valence-corrected chi connectivity index (χ2v) is 5.84.